The number of carboxylic acid groups (broad SMARTS) is 1. The molecule has 1 heterocycles. The average Bonchev–Trinajstić information content (AvgIpc) is 2.76. The van der Waals surface area contributed by atoms with Crippen LogP contribution in [0, 0.1) is 13.8 Å². The van der Waals surface area contributed by atoms with E-state index in [4.69, 9.17) is 9.63 Å². The van der Waals surface area contributed by atoms with Crippen LogP contribution in [0.5, 0.6) is 0 Å². The largest absolute Gasteiger partial charge is 0.480 e. The summed E-state index contributed by atoms with van der Waals surface area (Å²) < 4.78 is 31.8. The van der Waals surface area contributed by atoms with Crippen LogP contribution in [-0.4, -0.2) is 54.1 Å². The summed E-state index contributed by atoms with van der Waals surface area (Å²) in [5.74, 6) is -1.77. The molecule has 1 aromatic heterocycles. The molecule has 1 amide bonds. The van der Waals surface area contributed by atoms with Gasteiger partial charge in [-0.3, -0.25) is 4.79 Å². The second-order valence-electron chi connectivity index (χ2n) is 5.76. The van der Waals surface area contributed by atoms with Gasteiger partial charge in [-0.25, -0.2) is 13.2 Å². The number of aromatic nitrogens is 1. The number of hydrogen-bond donors (Lipinski definition) is 2. The van der Waals surface area contributed by atoms with Crippen molar-refractivity contribution in [3.8, 4) is 0 Å². The zero-order valence-corrected chi connectivity index (χ0v) is 14.7. The standard InChI is InChI=1S/C13H21N3O6S/c1-7-10(9(3)22-14-7)23(20,21)15-8(2)11(17)16(6)13(4,5)12(18)19/h8,15H,1-6H3,(H,18,19). The molecule has 2 N–H and O–H groups in total. The Balaban J connectivity index is 3.02. The van der Waals surface area contributed by atoms with Gasteiger partial charge in [-0.15, -0.1) is 0 Å². The maximum Gasteiger partial charge on any atom is 0.329 e. The molecule has 0 aliphatic rings. The van der Waals surface area contributed by atoms with E-state index in [0.29, 0.717) is 0 Å². The molecule has 23 heavy (non-hydrogen) atoms. The lowest BCUT2D eigenvalue weighted by atomic mass is 10.0. The fraction of sp³-hybridized carbons (Fsp3) is 0.615. The van der Waals surface area contributed by atoms with Crippen molar-refractivity contribution in [1.29, 1.82) is 0 Å². The van der Waals surface area contributed by atoms with E-state index < -0.39 is 33.5 Å². The van der Waals surface area contributed by atoms with Gasteiger partial charge in [-0.05, 0) is 34.6 Å². The highest BCUT2D eigenvalue weighted by molar-refractivity contribution is 7.89. The van der Waals surface area contributed by atoms with Crippen LogP contribution in [0.1, 0.15) is 32.2 Å². The Kier molecular flexibility index (Phi) is 5.22. The number of likely N-dealkylation sites (N-methyl/N-ethyl adjacent to an activating group) is 1. The van der Waals surface area contributed by atoms with Crippen molar-refractivity contribution in [2.75, 3.05) is 7.05 Å². The number of rotatable bonds is 6. The van der Waals surface area contributed by atoms with Gasteiger partial charge < -0.3 is 14.5 Å². The summed E-state index contributed by atoms with van der Waals surface area (Å²) >= 11 is 0. The highest BCUT2D eigenvalue weighted by Gasteiger charge is 2.38. The van der Waals surface area contributed by atoms with Crippen LogP contribution >= 0.6 is 0 Å². The van der Waals surface area contributed by atoms with Crippen LogP contribution in [0.3, 0.4) is 0 Å². The predicted molar refractivity (Wildman–Crippen MR) is 80.2 cm³/mol. The van der Waals surface area contributed by atoms with E-state index in [9.17, 15) is 18.0 Å². The van der Waals surface area contributed by atoms with Crippen molar-refractivity contribution < 1.29 is 27.6 Å². The monoisotopic (exact) mass is 347 g/mol. The summed E-state index contributed by atoms with van der Waals surface area (Å²) in [5, 5.41) is 12.7. The molecule has 0 radical (unpaired) electrons. The van der Waals surface area contributed by atoms with Crippen molar-refractivity contribution in [2.24, 2.45) is 0 Å². The average molecular weight is 347 g/mol. The Bertz CT molecular complexity index is 703. The number of aliphatic carboxylic acids is 1. The van der Waals surface area contributed by atoms with Crippen molar-refractivity contribution >= 4 is 21.9 Å². The van der Waals surface area contributed by atoms with Gasteiger partial charge in [0.1, 0.15) is 16.1 Å². The van der Waals surface area contributed by atoms with Crippen LogP contribution in [0.25, 0.3) is 0 Å². The minimum absolute atomic E-state index is 0.105. The number of amides is 1. The van der Waals surface area contributed by atoms with E-state index >= 15 is 0 Å². The number of aryl methyl sites for hydroxylation is 2. The van der Waals surface area contributed by atoms with Crippen molar-refractivity contribution in [3.05, 3.63) is 11.5 Å². The van der Waals surface area contributed by atoms with E-state index in [0.717, 1.165) is 4.90 Å². The summed E-state index contributed by atoms with van der Waals surface area (Å²) in [6.07, 6.45) is 0. The molecule has 1 unspecified atom stereocenters. The first-order chi connectivity index (χ1) is 10.3. The van der Waals surface area contributed by atoms with Crippen LogP contribution in [0.2, 0.25) is 0 Å². The first kappa shape index (κ1) is 19.1. The van der Waals surface area contributed by atoms with Gasteiger partial charge in [0.05, 0.1) is 6.04 Å². The lowest BCUT2D eigenvalue weighted by molar-refractivity contribution is -0.155. The molecule has 0 aliphatic carbocycles. The molecule has 0 aliphatic heterocycles. The zero-order valence-electron chi connectivity index (χ0n) is 13.9. The van der Waals surface area contributed by atoms with E-state index in [1.54, 1.807) is 0 Å². The van der Waals surface area contributed by atoms with Crippen molar-refractivity contribution in [1.82, 2.24) is 14.8 Å². The number of carboxylic acids is 1. The summed E-state index contributed by atoms with van der Waals surface area (Å²) in [6.45, 7) is 6.95. The maximum atomic E-state index is 12.4. The number of nitrogens with zero attached hydrogens (tertiary/aromatic N) is 2. The molecule has 0 spiro atoms. The summed E-state index contributed by atoms with van der Waals surface area (Å²) in [6, 6.07) is -1.16. The molecule has 10 heteroatoms. The van der Waals surface area contributed by atoms with Crippen LogP contribution in [0.4, 0.5) is 0 Å². The molecule has 0 saturated heterocycles. The molecule has 0 bridgehead atoms. The Morgan fingerprint density at radius 1 is 1.35 bits per heavy atom. The lowest BCUT2D eigenvalue weighted by Crippen LogP contribution is -2.56. The molecule has 0 saturated carbocycles. The normalized spacial score (nSPS) is 13.7. The van der Waals surface area contributed by atoms with Gasteiger partial charge in [-0.1, -0.05) is 5.16 Å². The van der Waals surface area contributed by atoms with Crippen LogP contribution in [0.15, 0.2) is 9.42 Å². The fourth-order valence-electron chi connectivity index (χ4n) is 1.91. The minimum Gasteiger partial charge on any atom is -0.480 e. The van der Waals surface area contributed by atoms with Gasteiger partial charge in [0.25, 0.3) is 0 Å². The molecule has 130 valence electrons. The molecule has 0 fully saturated rings. The first-order valence-electron chi connectivity index (χ1n) is 6.78. The highest BCUT2D eigenvalue weighted by Crippen LogP contribution is 2.20. The van der Waals surface area contributed by atoms with E-state index in [2.05, 4.69) is 9.88 Å². The van der Waals surface area contributed by atoms with Gasteiger partial charge >= 0.3 is 5.97 Å². The van der Waals surface area contributed by atoms with Crippen LogP contribution in [-0.2, 0) is 19.6 Å². The third-order valence-electron chi connectivity index (χ3n) is 3.63. The zero-order chi connectivity index (χ0) is 18.2. The summed E-state index contributed by atoms with van der Waals surface area (Å²) in [5.41, 5.74) is -1.30. The Morgan fingerprint density at radius 2 is 1.87 bits per heavy atom. The molecule has 9 nitrogen and oxygen atoms in total. The van der Waals surface area contributed by atoms with Gasteiger partial charge in [-0.2, -0.15) is 4.72 Å². The highest BCUT2D eigenvalue weighted by atomic mass is 32.2. The molecular weight excluding hydrogens is 326 g/mol. The Morgan fingerprint density at radius 3 is 2.26 bits per heavy atom. The number of hydrogen-bond acceptors (Lipinski definition) is 6. The number of nitrogens with one attached hydrogen (secondary N) is 1. The SMILES string of the molecule is Cc1noc(C)c1S(=O)(=O)NC(C)C(=O)N(C)C(C)(C)C(=O)O. The van der Waals surface area contributed by atoms with Gasteiger partial charge in [0.2, 0.25) is 15.9 Å². The fourth-order valence-corrected chi connectivity index (χ4v) is 3.44. The maximum absolute atomic E-state index is 12.4. The third-order valence-corrected chi connectivity index (χ3v) is 5.42. The smallest absolute Gasteiger partial charge is 0.329 e. The quantitative estimate of drug-likeness (QED) is 0.756. The molecule has 1 rings (SSSR count). The second kappa shape index (κ2) is 6.28. The molecule has 0 aromatic carbocycles. The topological polar surface area (TPSA) is 130 Å². The molecule has 1 atom stereocenters. The number of carbonyl (C=O) groups excluding carboxylic acids is 1. The van der Waals surface area contributed by atoms with Crippen molar-refractivity contribution in [2.45, 2.75) is 51.1 Å². The van der Waals surface area contributed by atoms with Crippen LogP contribution < -0.4 is 4.72 Å². The van der Waals surface area contributed by atoms with Gasteiger partial charge in [0, 0.05) is 7.05 Å². The minimum atomic E-state index is -4.02. The lowest BCUT2D eigenvalue weighted by Gasteiger charge is -2.33. The molecular formula is C13H21N3O6S. The van der Waals surface area contributed by atoms with E-state index in [1.807, 2.05) is 0 Å². The van der Waals surface area contributed by atoms with E-state index in [1.165, 1.54) is 41.7 Å². The Labute approximate surface area is 134 Å². The third kappa shape index (κ3) is 3.70. The number of sulfonamides is 1. The first-order valence-corrected chi connectivity index (χ1v) is 8.27. The van der Waals surface area contributed by atoms with Gasteiger partial charge in [0.15, 0.2) is 5.76 Å². The number of carbonyl (C=O) groups is 2. The summed E-state index contributed by atoms with van der Waals surface area (Å²) in [7, 11) is -2.72. The second-order valence-corrected chi connectivity index (χ2v) is 7.41. The predicted octanol–water partition coefficient (Wildman–Crippen LogP) is 0.280. The molecule has 1 aromatic rings. The Hall–Kier alpha value is -1.94. The van der Waals surface area contributed by atoms with Crippen molar-refractivity contribution in [3.63, 3.8) is 0 Å². The van der Waals surface area contributed by atoms with E-state index in [-0.39, 0.29) is 16.3 Å². The summed E-state index contributed by atoms with van der Waals surface area (Å²) in [4.78, 5) is 24.4.